The Morgan fingerprint density at radius 2 is 1.62 bits per heavy atom. The number of rotatable bonds is 2. The fraction of sp³-hybridized carbons (Fsp3) is 0.0476. The summed E-state index contributed by atoms with van der Waals surface area (Å²) < 4.78 is 59.0. The van der Waals surface area contributed by atoms with Gasteiger partial charge in [-0.3, -0.25) is 14.9 Å². The third-order valence-electron chi connectivity index (χ3n) is 4.90. The Morgan fingerprint density at radius 1 is 0.973 bits per heavy atom. The topological polar surface area (TPSA) is 161 Å². The van der Waals surface area contributed by atoms with Crippen LogP contribution in [0.1, 0.15) is 26.3 Å². The first-order valence-electron chi connectivity index (χ1n) is 9.83. The van der Waals surface area contributed by atoms with Gasteiger partial charge in [-0.1, -0.05) is 23.7 Å². The molecule has 2 aromatic heterocycles. The molecule has 0 fully saturated rings. The summed E-state index contributed by atoms with van der Waals surface area (Å²) in [4.78, 5) is 34.0. The average molecular weight is 554 g/mol. The number of anilines is 1. The largest absolute Gasteiger partial charge is 0.490 e. The maximum absolute atomic E-state index is 13.0. The highest BCUT2D eigenvalue weighted by molar-refractivity contribution is 7.91. The van der Waals surface area contributed by atoms with E-state index in [1.165, 1.54) is 40.9 Å². The number of sulfone groups is 1. The van der Waals surface area contributed by atoms with Crippen LogP contribution in [0.3, 0.4) is 0 Å². The Morgan fingerprint density at radius 3 is 2.30 bits per heavy atom. The van der Waals surface area contributed by atoms with E-state index < -0.39 is 33.7 Å². The van der Waals surface area contributed by atoms with Crippen LogP contribution in [0, 0.1) is 0 Å². The first kappa shape index (κ1) is 25.7. The highest BCUT2D eigenvalue weighted by Gasteiger charge is 2.38. The third-order valence-corrected chi connectivity index (χ3v) is 6.95. The maximum Gasteiger partial charge on any atom is 0.490 e. The molecular formula is C21H11ClF3N5O6S. The number of carbonyl (C=O) groups excluding carboxylic acids is 2. The Hall–Kier alpha value is -4.37. The summed E-state index contributed by atoms with van der Waals surface area (Å²) in [5.41, 5.74) is 0.528. The normalized spacial score (nSPS) is 13.7. The summed E-state index contributed by atoms with van der Waals surface area (Å²) in [6, 6.07) is 13.0. The van der Waals surface area contributed by atoms with E-state index in [2.05, 4.69) is 20.6 Å². The molecule has 0 aliphatic carbocycles. The highest BCUT2D eigenvalue weighted by atomic mass is 35.5. The minimum absolute atomic E-state index is 0.0134. The summed E-state index contributed by atoms with van der Waals surface area (Å²) in [5, 5.41) is 21.6. The van der Waals surface area contributed by atoms with Crippen LogP contribution in [0.5, 0.6) is 0 Å². The predicted molar refractivity (Wildman–Crippen MR) is 119 cm³/mol. The molecule has 4 aromatic rings. The molecule has 1 aliphatic heterocycles. The standard InChI is InChI=1S/C19H10ClN5O4S.C2HF3O2/c20-15-7-8-16-22-23-19(25(16)24-15)21-18(27)10-5-6-12-14(9-10)30(28,29)13-4-2-1-3-11(13)17(12)26;3-2(4,5)1(6)7/h1-9H,(H,21,23,27);(H,6,7). The molecule has 2 aromatic carbocycles. The van der Waals surface area contributed by atoms with E-state index in [1.807, 2.05) is 0 Å². The molecule has 0 saturated heterocycles. The summed E-state index contributed by atoms with van der Waals surface area (Å²) in [6.45, 7) is 0. The Bertz CT molecular complexity index is 1700. The Kier molecular flexibility index (Phi) is 6.43. The van der Waals surface area contributed by atoms with Crippen LogP contribution < -0.4 is 5.32 Å². The van der Waals surface area contributed by atoms with Crippen LogP contribution in [0.15, 0.2) is 64.4 Å². The summed E-state index contributed by atoms with van der Waals surface area (Å²) >= 11 is 5.87. The lowest BCUT2D eigenvalue weighted by Crippen LogP contribution is -2.22. The number of hydrogen-bond acceptors (Lipinski definition) is 8. The van der Waals surface area contributed by atoms with E-state index in [0.29, 0.717) is 5.65 Å². The van der Waals surface area contributed by atoms with Gasteiger partial charge in [0.15, 0.2) is 11.4 Å². The van der Waals surface area contributed by atoms with Gasteiger partial charge < -0.3 is 5.11 Å². The van der Waals surface area contributed by atoms with E-state index in [0.717, 1.165) is 0 Å². The monoisotopic (exact) mass is 553 g/mol. The van der Waals surface area contributed by atoms with Crippen molar-refractivity contribution >= 4 is 50.7 Å². The summed E-state index contributed by atoms with van der Waals surface area (Å²) in [6.07, 6.45) is -5.08. The van der Waals surface area contributed by atoms with Crippen molar-refractivity contribution in [2.75, 3.05) is 5.32 Å². The van der Waals surface area contributed by atoms with E-state index in [4.69, 9.17) is 21.5 Å². The van der Waals surface area contributed by atoms with Crippen molar-refractivity contribution in [2.24, 2.45) is 0 Å². The number of nitrogens with zero attached hydrogens (tertiary/aromatic N) is 4. The van der Waals surface area contributed by atoms with Crippen molar-refractivity contribution in [3.8, 4) is 0 Å². The van der Waals surface area contributed by atoms with Gasteiger partial charge in [-0.05, 0) is 42.5 Å². The number of alkyl halides is 3. The number of halogens is 4. The van der Waals surface area contributed by atoms with Gasteiger partial charge in [0.2, 0.25) is 9.84 Å². The first-order valence-corrected chi connectivity index (χ1v) is 11.7. The van der Waals surface area contributed by atoms with Gasteiger partial charge >= 0.3 is 12.1 Å². The molecule has 11 nitrogen and oxygen atoms in total. The zero-order valence-electron chi connectivity index (χ0n) is 17.9. The van der Waals surface area contributed by atoms with Crippen LogP contribution in [0.25, 0.3) is 5.65 Å². The lowest BCUT2D eigenvalue weighted by Gasteiger charge is -2.19. The van der Waals surface area contributed by atoms with Gasteiger partial charge in [-0.2, -0.15) is 22.8 Å². The summed E-state index contributed by atoms with van der Waals surface area (Å²) in [5.74, 6) is -3.80. The highest BCUT2D eigenvalue weighted by Crippen LogP contribution is 2.34. The molecule has 190 valence electrons. The number of nitrogens with one attached hydrogen (secondary N) is 1. The van der Waals surface area contributed by atoms with Crippen molar-refractivity contribution in [2.45, 2.75) is 16.0 Å². The van der Waals surface area contributed by atoms with Crippen LogP contribution in [-0.4, -0.2) is 57.2 Å². The molecular weight excluding hydrogens is 543 g/mol. The van der Waals surface area contributed by atoms with E-state index in [-0.39, 0.29) is 37.6 Å². The smallest absolute Gasteiger partial charge is 0.475 e. The molecule has 0 spiro atoms. The molecule has 37 heavy (non-hydrogen) atoms. The van der Waals surface area contributed by atoms with E-state index in [9.17, 15) is 31.2 Å². The van der Waals surface area contributed by atoms with Gasteiger partial charge in [0.1, 0.15) is 5.15 Å². The second-order valence-corrected chi connectivity index (χ2v) is 9.52. The number of carboxylic acids is 1. The fourth-order valence-corrected chi connectivity index (χ4v) is 5.06. The first-order chi connectivity index (χ1) is 17.3. The quantitative estimate of drug-likeness (QED) is 0.335. The van der Waals surface area contributed by atoms with Crippen molar-refractivity contribution in [1.29, 1.82) is 0 Å². The molecule has 0 unspecified atom stereocenters. The molecule has 0 radical (unpaired) electrons. The second-order valence-electron chi connectivity index (χ2n) is 7.25. The Labute approximate surface area is 209 Å². The van der Waals surface area contributed by atoms with Crippen LogP contribution >= 0.6 is 11.6 Å². The molecule has 3 heterocycles. The zero-order valence-corrected chi connectivity index (χ0v) is 19.5. The molecule has 1 aliphatic rings. The van der Waals surface area contributed by atoms with Gasteiger partial charge in [0.25, 0.3) is 11.9 Å². The third kappa shape index (κ3) is 4.85. The second kappa shape index (κ2) is 9.25. The number of carbonyl (C=O) groups is 3. The Balaban J connectivity index is 0.000000405. The molecule has 0 atom stereocenters. The van der Waals surface area contributed by atoms with Crippen molar-refractivity contribution < 1.29 is 41.1 Å². The van der Waals surface area contributed by atoms with Crippen LogP contribution in [0.4, 0.5) is 19.1 Å². The number of fused-ring (bicyclic) bond motifs is 3. The molecule has 16 heteroatoms. The molecule has 5 rings (SSSR count). The fourth-order valence-electron chi connectivity index (χ4n) is 3.24. The minimum atomic E-state index is -5.08. The lowest BCUT2D eigenvalue weighted by atomic mass is 10.0. The maximum atomic E-state index is 13.0. The van der Waals surface area contributed by atoms with Gasteiger partial charge in [-0.25, -0.2) is 13.2 Å². The molecule has 1 amide bonds. The number of hydrogen-bond donors (Lipinski definition) is 2. The van der Waals surface area contributed by atoms with E-state index in [1.54, 1.807) is 18.2 Å². The number of carboxylic acid groups (broad SMARTS) is 1. The van der Waals surface area contributed by atoms with Gasteiger partial charge in [0.05, 0.1) is 9.79 Å². The van der Waals surface area contributed by atoms with Crippen molar-refractivity contribution in [3.05, 3.63) is 76.4 Å². The van der Waals surface area contributed by atoms with Gasteiger partial charge in [0, 0.05) is 16.7 Å². The van der Waals surface area contributed by atoms with Gasteiger partial charge in [-0.15, -0.1) is 10.2 Å². The predicted octanol–water partition coefficient (Wildman–Crippen LogP) is 3.04. The molecule has 2 N–H and O–H groups in total. The molecule has 0 bridgehead atoms. The van der Waals surface area contributed by atoms with Crippen LogP contribution in [0.2, 0.25) is 5.15 Å². The number of aliphatic carboxylic acids is 1. The average Bonchev–Trinajstić information content (AvgIpc) is 3.24. The number of amides is 1. The molecule has 0 saturated carbocycles. The number of aromatic nitrogens is 4. The number of benzene rings is 2. The van der Waals surface area contributed by atoms with Crippen molar-refractivity contribution in [1.82, 2.24) is 19.8 Å². The van der Waals surface area contributed by atoms with E-state index >= 15 is 0 Å². The summed E-state index contributed by atoms with van der Waals surface area (Å²) in [7, 11) is -3.96. The zero-order chi connectivity index (χ0) is 27.1. The van der Waals surface area contributed by atoms with Crippen LogP contribution in [-0.2, 0) is 14.6 Å². The van der Waals surface area contributed by atoms with Crippen molar-refractivity contribution in [3.63, 3.8) is 0 Å². The lowest BCUT2D eigenvalue weighted by molar-refractivity contribution is -0.192. The number of ketones is 1. The minimum Gasteiger partial charge on any atom is -0.475 e. The SMILES string of the molecule is O=C(Nc1nnc2ccc(Cl)nn12)c1ccc2c(c1)S(=O)(=O)c1ccccc1C2=O.O=C(O)C(F)(F)F.